The standard InChI is InChI=1S/C20H20Cl2FN3O3.ClH/c1-3-24(4-2)7-8-25-17-10-12(19(27)28)9-15(23)18(17)26(20(25)29)16-6-5-13(21)11-14(16)22;/h5-6,9-11H,3-4,7-8H2,1-2H3,(H,27,28);1H. The van der Waals surface area contributed by atoms with Crippen molar-refractivity contribution >= 4 is 52.6 Å². The Morgan fingerprint density at radius 3 is 2.40 bits per heavy atom. The van der Waals surface area contributed by atoms with E-state index in [9.17, 15) is 19.1 Å². The Kier molecular flexibility index (Phi) is 7.93. The number of likely N-dealkylation sites (N-methyl/N-ethyl adjacent to an activating group) is 1. The second-order valence-corrected chi connectivity index (χ2v) is 7.37. The van der Waals surface area contributed by atoms with Gasteiger partial charge in [-0.2, -0.15) is 0 Å². The Balaban J connectivity index is 0.00000320. The molecule has 0 unspecified atom stereocenters. The van der Waals surface area contributed by atoms with Gasteiger partial charge in [0.1, 0.15) is 11.3 Å². The molecule has 30 heavy (non-hydrogen) atoms. The third-order valence-corrected chi connectivity index (χ3v) is 5.45. The predicted octanol–water partition coefficient (Wildman–Crippen LogP) is 4.70. The highest BCUT2D eigenvalue weighted by Crippen LogP contribution is 2.28. The van der Waals surface area contributed by atoms with Crippen molar-refractivity contribution < 1.29 is 14.3 Å². The van der Waals surface area contributed by atoms with Crippen LogP contribution >= 0.6 is 35.6 Å². The number of hydrogen-bond donors (Lipinski definition) is 1. The van der Waals surface area contributed by atoms with Crippen LogP contribution in [0, 0.1) is 5.82 Å². The summed E-state index contributed by atoms with van der Waals surface area (Å²) in [5, 5.41) is 9.88. The quantitative estimate of drug-likeness (QED) is 0.537. The second kappa shape index (κ2) is 9.83. The fourth-order valence-electron chi connectivity index (χ4n) is 3.34. The number of halogens is 4. The van der Waals surface area contributed by atoms with E-state index < -0.39 is 17.5 Å². The van der Waals surface area contributed by atoms with Crippen molar-refractivity contribution in [2.45, 2.75) is 20.4 Å². The molecule has 1 heterocycles. The molecule has 0 bridgehead atoms. The first-order valence-corrected chi connectivity index (χ1v) is 9.89. The molecular formula is C20H21Cl3FN3O3. The molecule has 0 aliphatic carbocycles. The van der Waals surface area contributed by atoms with Gasteiger partial charge < -0.3 is 10.0 Å². The van der Waals surface area contributed by atoms with E-state index >= 15 is 0 Å². The molecule has 0 atom stereocenters. The molecule has 0 saturated heterocycles. The minimum absolute atomic E-state index is 0. The van der Waals surface area contributed by atoms with Gasteiger partial charge in [0.25, 0.3) is 0 Å². The van der Waals surface area contributed by atoms with Gasteiger partial charge in [0.05, 0.1) is 21.8 Å². The zero-order valence-corrected chi connectivity index (χ0v) is 18.7. The molecule has 1 aromatic heterocycles. The summed E-state index contributed by atoms with van der Waals surface area (Å²) in [6, 6.07) is 6.76. The molecule has 2 aromatic carbocycles. The zero-order chi connectivity index (χ0) is 21.3. The number of aromatic carboxylic acids is 1. The summed E-state index contributed by atoms with van der Waals surface area (Å²) in [7, 11) is 0. The summed E-state index contributed by atoms with van der Waals surface area (Å²) in [6.45, 7) is 6.43. The van der Waals surface area contributed by atoms with Crippen LogP contribution in [0.15, 0.2) is 35.1 Å². The average Bonchev–Trinajstić information content (AvgIpc) is 2.95. The van der Waals surface area contributed by atoms with Crippen molar-refractivity contribution in [1.82, 2.24) is 14.0 Å². The number of hydrogen-bond acceptors (Lipinski definition) is 3. The SMILES string of the molecule is CCN(CC)CCn1c(=O)n(-c2ccc(Cl)cc2Cl)c2c(F)cc(C(=O)O)cc21.Cl. The fourth-order valence-corrected chi connectivity index (χ4v) is 3.83. The molecule has 0 aliphatic heterocycles. The summed E-state index contributed by atoms with van der Waals surface area (Å²) in [5.41, 5.74) is -0.285. The first-order valence-electron chi connectivity index (χ1n) is 9.14. The number of carboxylic acids is 1. The normalized spacial score (nSPS) is 11.1. The van der Waals surface area contributed by atoms with Gasteiger partial charge in [-0.25, -0.2) is 14.0 Å². The van der Waals surface area contributed by atoms with Gasteiger partial charge in [0.15, 0.2) is 0 Å². The van der Waals surface area contributed by atoms with Gasteiger partial charge >= 0.3 is 11.7 Å². The van der Waals surface area contributed by atoms with Crippen LogP contribution in [0.3, 0.4) is 0 Å². The molecular weight excluding hydrogens is 456 g/mol. The number of imidazole rings is 1. The smallest absolute Gasteiger partial charge is 0.335 e. The molecule has 0 amide bonds. The number of benzene rings is 2. The maximum Gasteiger partial charge on any atom is 0.335 e. The van der Waals surface area contributed by atoms with E-state index in [0.717, 1.165) is 23.7 Å². The van der Waals surface area contributed by atoms with Crippen LogP contribution in [0.1, 0.15) is 24.2 Å². The predicted molar refractivity (Wildman–Crippen MR) is 120 cm³/mol. The molecule has 0 aliphatic rings. The Hall–Kier alpha value is -2.06. The van der Waals surface area contributed by atoms with Crippen LogP contribution in [-0.4, -0.2) is 44.7 Å². The van der Waals surface area contributed by atoms with Crippen LogP contribution in [0.4, 0.5) is 4.39 Å². The Morgan fingerprint density at radius 1 is 1.17 bits per heavy atom. The lowest BCUT2D eigenvalue weighted by Gasteiger charge is -2.18. The summed E-state index contributed by atoms with van der Waals surface area (Å²) in [5.74, 6) is -2.09. The first-order chi connectivity index (χ1) is 13.8. The molecule has 3 rings (SSSR count). The Bertz CT molecular complexity index is 1140. The topological polar surface area (TPSA) is 67.5 Å². The highest BCUT2D eigenvalue weighted by atomic mass is 35.5. The van der Waals surface area contributed by atoms with Gasteiger partial charge in [-0.1, -0.05) is 37.0 Å². The van der Waals surface area contributed by atoms with Crippen LogP contribution in [0.5, 0.6) is 0 Å². The van der Waals surface area contributed by atoms with Gasteiger partial charge in [-0.3, -0.25) is 9.13 Å². The van der Waals surface area contributed by atoms with Crippen molar-refractivity contribution in [2.75, 3.05) is 19.6 Å². The van der Waals surface area contributed by atoms with E-state index in [4.69, 9.17) is 23.2 Å². The van der Waals surface area contributed by atoms with E-state index in [0.29, 0.717) is 11.6 Å². The fraction of sp³-hybridized carbons (Fsp3) is 0.300. The lowest BCUT2D eigenvalue weighted by molar-refractivity contribution is 0.0696. The molecule has 1 N–H and O–H groups in total. The lowest BCUT2D eigenvalue weighted by Crippen LogP contribution is -2.31. The summed E-state index contributed by atoms with van der Waals surface area (Å²) in [4.78, 5) is 26.8. The van der Waals surface area contributed by atoms with Crippen molar-refractivity contribution in [3.63, 3.8) is 0 Å². The van der Waals surface area contributed by atoms with E-state index in [1.807, 2.05) is 13.8 Å². The Morgan fingerprint density at radius 2 is 1.83 bits per heavy atom. The second-order valence-electron chi connectivity index (χ2n) is 6.52. The number of rotatable bonds is 7. The molecule has 10 heteroatoms. The molecule has 162 valence electrons. The van der Waals surface area contributed by atoms with E-state index in [1.165, 1.54) is 22.8 Å². The van der Waals surface area contributed by atoms with Gasteiger partial charge in [-0.05, 0) is 43.4 Å². The maximum absolute atomic E-state index is 15.0. The number of aromatic nitrogens is 2. The van der Waals surface area contributed by atoms with Crippen LogP contribution in [0.2, 0.25) is 10.0 Å². The Labute approximate surface area is 188 Å². The first kappa shape index (κ1) is 24.2. The van der Waals surface area contributed by atoms with Gasteiger partial charge in [-0.15, -0.1) is 12.4 Å². The number of carbonyl (C=O) groups is 1. The number of nitrogens with zero attached hydrogens (tertiary/aromatic N) is 3. The highest BCUT2D eigenvalue weighted by Gasteiger charge is 2.22. The summed E-state index contributed by atoms with van der Waals surface area (Å²) < 4.78 is 17.5. The molecule has 0 fully saturated rings. The van der Waals surface area contributed by atoms with Gasteiger partial charge in [0.2, 0.25) is 0 Å². The molecule has 0 radical (unpaired) electrons. The van der Waals surface area contributed by atoms with E-state index in [2.05, 4.69) is 4.90 Å². The van der Waals surface area contributed by atoms with Crippen molar-refractivity contribution in [3.8, 4) is 5.69 Å². The molecule has 0 spiro atoms. The third kappa shape index (κ3) is 4.49. The monoisotopic (exact) mass is 475 g/mol. The lowest BCUT2D eigenvalue weighted by atomic mass is 10.2. The molecule has 0 saturated carbocycles. The van der Waals surface area contributed by atoms with Crippen molar-refractivity contribution in [3.05, 3.63) is 62.2 Å². The molecule has 6 nitrogen and oxygen atoms in total. The zero-order valence-electron chi connectivity index (χ0n) is 16.4. The van der Waals surface area contributed by atoms with Crippen LogP contribution in [-0.2, 0) is 6.54 Å². The molecule has 3 aromatic rings. The van der Waals surface area contributed by atoms with Gasteiger partial charge in [0, 0.05) is 18.1 Å². The third-order valence-electron chi connectivity index (χ3n) is 4.91. The van der Waals surface area contributed by atoms with Crippen molar-refractivity contribution in [2.24, 2.45) is 0 Å². The summed E-state index contributed by atoms with van der Waals surface area (Å²) in [6.07, 6.45) is 0. The summed E-state index contributed by atoms with van der Waals surface area (Å²) >= 11 is 12.2. The maximum atomic E-state index is 15.0. The minimum Gasteiger partial charge on any atom is -0.478 e. The van der Waals surface area contributed by atoms with E-state index in [1.54, 1.807) is 6.07 Å². The van der Waals surface area contributed by atoms with Crippen molar-refractivity contribution in [1.29, 1.82) is 0 Å². The highest BCUT2D eigenvalue weighted by molar-refractivity contribution is 6.35. The average molecular weight is 477 g/mol. The number of carboxylic acid groups (broad SMARTS) is 1. The van der Waals surface area contributed by atoms with Crippen LogP contribution in [0.25, 0.3) is 16.7 Å². The largest absolute Gasteiger partial charge is 0.478 e. The minimum atomic E-state index is -1.27. The van der Waals surface area contributed by atoms with Crippen LogP contribution < -0.4 is 5.69 Å². The number of fused-ring (bicyclic) bond motifs is 1. The van der Waals surface area contributed by atoms with E-state index in [-0.39, 0.29) is 46.3 Å².